The molecule has 0 heterocycles. The number of aromatic carboxylic acids is 1. The zero-order chi connectivity index (χ0) is 13.7. The van der Waals surface area contributed by atoms with Crippen LogP contribution in [0.25, 0.3) is 0 Å². The lowest BCUT2D eigenvalue weighted by Crippen LogP contribution is -2.06. The molecule has 1 atom stereocenters. The van der Waals surface area contributed by atoms with Crippen LogP contribution in [0.15, 0.2) is 18.2 Å². The minimum atomic E-state index is -0.902. The standard InChI is InChI=1S/C14H20O3S/c1-9(2)10(3)18-8-12-7-11(14(15)16)5-6-13(12)17-4/h5-7,9-10H,8H2,1-4H3,(H,15,16). The van der Waals surface area contributed by atoms with Gasteiger partial charge >= 0.3 is 5.97 Å². The van der Waals surface area contributed by atoms with Crippen molar-refractivity contribution in [3.05, 3.63) is 29.3 Å². The molecule has 0 aliphatic carbocycles. The number of rotatable bonds is 6. The molecule has 3 nitrogen and oxygen atoms in total. The maximum Gasteiger partial charge on any atom is 0.335 e. The second-order valence-electron chi connectivity index (χ2n) is 4.59. The van der Waals surface area contributed by atoms with Crippen LogP contribution < -0.4 is 4.74 Å². The molecule has 0 aromatic heterocycles. The van der Waals surface area contributed by atoms with Gasteiger partial charge in [0.15, 0.2) is 0 Å². The van der Waals surface area contributed by atoms with Crippen LogP contribution in [0.5, 0.6) is 5.75 Å². The predicted octanol–water partition coefficient (Wildman–Crippen LogP) is 3.67. The lowest BCUT2D eigenvalue weighted by molar-refractivity contribution is 0.0696. The molecule has 1 aromatic carbocycles. The molecule has 0 radical (unpaired) electrons. The number of carboxylic acid groups (broad SMARTS) is 1. The highest BCUT2D eigenvalue weighted by atomic mass is 32.2. The van der Waals surface area contributed by atoms with Gasteiger partial charge in [0.2, 0.25) is 0 Å². The molecular formula is C14H20O3S. The molecule has 1 aromatic rings. The zero-order valence-electron chi connectivity index (χ0n) is 11.3. The van der Waals surface area contributed by atoms with Gasteiger partial charge in [-0.2, -0.15) is 11.8 Å². The Bertz CT molecular complexity index is 416. The molecule has 18 heavy (non-hydrogen) atoms. The van der Waals surface area contributed by atoms with Gasteiger partial charge in [0, 0.05) is 16.6 Å². The topological polar surface area (TPSA) is 46.5 Å². The molecule has 1 rings (SSSR count). The highest BCUT2D eigenvalue weighted by molar-refractivity contribution is 7.99. The van der Waals surface area contributed by atoms with Crippen LogP contribution in [0.1, 0.15) is 36.7 Å². The van der Waals surface area contributed by atoms with Gasteiger partial charge in [-0.1, -0.05) is 20.8 Å². The number of methoxy groups -OCH3 is 1. The van der Waals surface area contributed by atoms with Crippen molar-refractivity contribution < 1.29 is 14.6 Å². The van der Waals surface area contributed by atoms with Gasteiger partial charge in [-0.15, -0.1) is 0 Å². The van der Waals surface area contributed by atoms with E-state index in [4.69, 9.17) is 9.84 Å². The lowest BCUT2D eigenvalue weighted by Gasteiger charge is -2.16. The Morgan fingerprint density at radius 3 is 2.56 bits per heavy atom. The van der Waals surface area contributed by atoms with Gasteiger partial charge in [0.1, 0.15) is 5.75 Å². The molecule has 0 aliphatic heterocycles. The number of thioether (sulfide) groups is 1. The Labute approximate surface area is 113 Å². The number of hydrogen-bond donors (Lipinski definition) is 1. The summed E-state index contributed by atoms with van der Waals surface area (Å²) in [4.78, 5) is 11.0. The summed E-state index contributed by atoms with van der Waals surface area (Å²) >= 11 is 1.81. The van der Waals surface area contributed by atoms with Crippen molar-refractivity contribution in [2.45, 2.75) is 31.8 Å². The molecule has 0 saturated heterocycles. The third-order valence-electron chi connectivity index (χ3n) is 2.97. The zero-order valence-corrected chi connectivity index (χ0v) is 12.1. The Morgan fingerprint density at radius 1 is 1.39 bits per heavy atom. The van der Waals surface area contributed by atoms with Crippen LogP contribution in [0, 0.1) is 5.92 Å². The van der Waals surface area contributed by atoms with E-state index in [0.717, 1.165) is 17.1 Å². The summed E-state index contributed by atoms with van der Waals surface area (Å²) < 4.78 is 5.27. The molecule has 0 fully saturated rings. The molecule has 0 bridgehead atoms. The Hall–Kier alpha value is -1.16. The van der Waals surface area contributed by atoms with Crippen molar-refractivity contribution in [3.63, 3.8) is 0 Å². The molecule has 100 valence electrons. The maximum absolute atomic E-state index is 11.0. The second kappa shape index (κ2) is 6.69. The third-order valence-corrected chi connectivity index (χ3v) is 4.52. The maximum atomic E-state index is 11.0. The molecule has 0 spiro atoms. The first kappa shape index (κ1) is 14.9. The van der Waals surface area contributed by atoms with E-state index in [1.165, 1.54) is 0 Å². The predicted molar refractivity (Wildman–Crippen MR) is 75.5 cm³/mol. The summed E-state index contributed by atoms with van der Waals surface area (Å²) in [6, 6.07) is 4.99. The third kappa shape index (κ3) is 3.95. The summed E-state index contributed by atoms with van der Waals surface area (Å²) in [6.45, 7) is 6.55. The average molecular weight is 268 g/mol. The smallest absolute Gasteiger partial charge is 0.335 e. The summed E-state index contributed by atoms with van der Waals surface area (Å²) in [5, 5.41) is 9.52. The molecule has 0 amide bonds. The number of carbonyl (C=O) groups is 1. The summed E-state index contributed by atoms with van der Waals surface area (Å²) in [5.74, 6) is 1.22. The van der Waals surface area contributed by atoms with E-state index >= 15 is 0 Å². The van der Waals surface area contributed by atoms with Crippen molar-refractivity contribution in [2.75, 3.05) is 7.11 Å². The van der Waals surface area contributed by atoms with Crippen LogP contribution in [0.3, 0.4) is 0 Å². The van der Waals surface area contributed by atoms with Crippen LogP contribution in [0.4, 0.5) is 0 Å². The first-order chi connectivity index (χ1) is 8.45. The quantitative estimate of drug-likeness (QED) is 0.855. The van der Waals surface area contributed by atoms with Gasteiger partial charge in [-0.05, 0) is 24.1 Å². The van der Waals surface area contributed by atoms with E-state index in [-0.39, 0.29) is 0 Å². The van der Waals surface area contributed by atoms with E-state index in [1.807, 2.05) is 11.8 Å². The van der Waals surface area contributed by atoms with Gasteiger partial charge < -0.3 is 9.84 Å². The van der Waals surface area contributed by atoms with Crippen LogP contribution in [-0.4, -0.2) is 23.4 Å². The van der Waals surface area contributed by atoms with Crippen LogP contribution >= 0.6 is 11.8 Å². The minimum Gasteiger partial charge on any atom is -0.496 e. The van der Waals surface area contributed by atoms with Crippen LogP contribution in [0.2, 0.25) is 0 Å². The number of hydrogen-bond acceptors (Lipinski definition) is 3. The van der Waals surface area contributed by atoms with Crippen molar-refractivity contribution in [1.29, 1.82) is 0 Å². The van der Waals surface area contributed by atoms with E-state index in [2.05, 4.69) is 20.8 Å². The highest BCUT2D eigenvalue weighted by Crippen LogP contribution is 2.28. The monoisotopic (exact) mass is 268 g/mol. The van der Waals surface area contributed by atoms with Gasteiger partial charge in [-0.3, -0.25) is 0 Å². The highest BCUT2D eigenvalue weighted by Gasteiger charge is 2.12. The average Bonchev–Trinajstić information content (AvgIpc) is 2.35. The fourth-order valence-corrected chi connectivity index (χ4v) is 2.49. The Morgan fingerprint density at radius 2 is 2.06 bits per heavy atom. The van der Waals surface area contributed by atoms with Gasteiger partial charge in [0.05, 0.1) is 12.7 Å². The SMILES string of the molecule is COc1ccc(C(=O)O)cc1CSC(C)C(C)C. The van der Waals surface area contributed by atoms with Crippen molar-refractivity contribution in [1.82, 2.24) is 0 Å². The summed E-state index contributed by atoms with van der Waals surface area (Å²) in [7, 11) is 1.61. The molecule has 0 aliphatic rings. The van der Waals surface area contributed by atoms with Crippen molar-refractivity contribution >= 4 is 17.7 Å². The van der Waals surface area contributed by atoms with E-state index < -0.39 is 5.97 Å². The number of benzene rings is 1. The first-order valence-corrected chi connectivity index (χ1v) is 7.02. The minimum absolute atomic E-state index is 0.309. The number of ether oxygens (including phenoxy) is 1. The molecule has 4 heteroatoms. The molecule has 1 N–H and O–H groups in total. The van der Waals surface area contributed by atoms with Crippen molar-refractivity contribution in [2.24, 2.45) is 5.92 Å². The summed E-state index contributed by atoms with van der Waals surface area (Å²) in [6.07, 6.45) is 0. The first-order valence-electron chi connectivity index (χ1n) is 5.97. The van der Waals surface area contributed by atoms with Crippen molar-refractivity contribution in [3.8, 4) is 5.75 Å². The largest absolute Gasteiger partial charge is 0.496 e. The fraction of sp³-hybridized carbons (Fsp3) is 0.500. The Balaban J connectivity index is 2.84. The Kier molecular flexibility index (Phi) is 5.54. The van der Waals surface area contributed by atoms with E-state index in [0.29, 0.717) is 16.7 Å². The molecule has 0 saturated carbocycles. The molecular weight excluding hydrogens is 248 g/mol. The van der Waals surface area contributed by atoms with E-state index in [9.17, 15) is 4.79 Å². The van der Waals surface area contributed by atoms with E-state index in [1.54, 1.807) is 25.3 Å². The fourth-order valence-electron chi connectivity index (χ4n) is 1.44. The number of carboxylic acids is 1. The normalized spacial score (nSPS) is 12.5. The second-order valence-corrected chi connectivity index (χ2v) is 5.96. The van der Waals surface area contributed by atoms with Gasteiger partial charge in [-0.25, -0.2) is 4.79 Å². The molecule has 1 unspecified atom stereocenters. The van der Waals surface area contributed by atoms with Crippen LogP contribution in [-0.2, 0) is 5.75 Å². The lowest BCUT2D eigenvalue weighted by atomic mass is 10.1. The summed E-state index contributed by atoms with van der Waals surface area (Å²) in [5.41, 5.74) is 1.25. The van der Waals surface area contributed by atoms with Gasteiger partial charge in [0.25, 0.3) is 0 Å².